The first kappa shape index (κ1) is 15.1. The van der Waals surface area contributed by atoms with Crippen molar-refractivity contribution in [1.29, 1.82) is 0 Å². The van der Waals surface area contributed by atoms with Crippen molar-refractivity contribution in [3.63, 3.8) is 0 Å². The molecule has 2 aromatic carbocycles. The summed E-state index contributed by atoms with van der Waals surface area (Å²) in [7, 11) is 1.69. The van der Waals surface area contributed by atoms with Crippen molar-refractivity contribution in [1.82, 2.24) is 4.98 Å². The highest BCUT2D eigenvalue weighted by Crippen LogP contribution is 2.36. The van der Waals surface area contributed by atoms with E-state index in [1.807, 2.05) is 18.2 Å². The van der Waals surface area contributed by atoms with Crippen LogP contribution < -0.4 is 4.74 Å². The standard InChI is InChI=1S/C18H17NOS2/c1-13-19-17(12-14-8-10-15(20-2)11-9-14)18(21-13)22-16-6-4-3-5-7-16/h3-11H,12H2,1-2H3. The number of aryl methyl sites for hydroxylation is 1. The lowest BCUT2D eigenvalue weighted by molar-refractivity contribution is 0.414. The number of benzene rings is 2. The number of hydrogen-bond acceptors (Lipinski definition) is 4. The Labute approximate surface area is 139 Å². The van der Waals surface area contributed by atoms with E-state index in [0.717, 1.165) is 22.9 Å². The second-order valence-corrected chi connectivity index (χ2v) is 7.45. The van der Waals surface area contributed by atoms with E-state index in [1.165, 1.54) is 14.7 Å². The molecule has 3 aromatic rings. The van der Waals surface area contributed by atoms with Crippen molar-refractivity contribution in [2.24, 2.45) is 0 Å². The largest absolute Gasteiger partial charge is 0.497 e. The fourth-order valence-electron chi connectivity index (χ4n) is 2.18. The molecule has 4 heteroatoms. The van der Waals surface area contributed by atoms with Gasteiger partial charge in [-0.25, -0.2) is 4.98 Å². The minimum atomic E-state index is 0.851. The predicted octanol–water partition coefficient (Wildman–Crippen LogP) is 5.20. The molecule has 1 heterocycles. The Balaban J connectivity index is 1.81. The predicted molar refractivity (Wildman–Crippen MR) is 93.2 cm³/mol. The molecule has 112 valence electrons. The third kappa shape index (κ3) is 3.70. The molecule has 0 aliphatic rings. The van der Waals surface area contributed by atoms with Crippen molar-refractivity contribution in [3.05, 3.63) is 70.9 Å². The van der Waals surface area contributed by atoms with E-state index < -0.39 is 0 Å². The molecular weight excluding hydrogens is 310 g/mol. The van der Waals surface area contributed by atoms with Crippen molar-refractivity contribution >= 4 is 23.1 Å². The third-order valence-corrected chi connectivity index (χ3v) is 5.49. The Hall–Kier alpha value is -1.78. The molecule has 0 saturated heterocycles. The van der Waals surface area contributed by atoms with E-state index in [4.69, 9.17) is 9.72 Å². The Morgan fingerprint density at radius 2 is 1.77 bits per heavy atom. The van der Waals surface area contributed by atoms with Gasteiger partial charge in [0, 0.05) is 11.3 Å². The first-order valence-corrected chi connectivity index (χ1v) is 8.70. The highest BCUT2D eigenvalue weighted by molar-refractivity contribution is 8.01. The van der Waals surface area contributed by atoms with E-state index in [2.05, 4.69) is 43.3 Å². The smallest absolute Gasteiger partial charge is 0.118 e. The molecule has 0 saturated carbocycles. The lowest BCUT2D eigenvalue weighted by atomic mass is 10.1. The molecule has 0 radical (unpaired) electrons. The average molecular weight is 327 g/mol. The van der Waals surface area contributed by atoms with Gasteiger partial charge in [0.05, 0.1) is 22.0 Å². The molecule has 0 fully saturated rings. The van der Waals surface area contributed by atoms with Gasteiger partial charge < -0.3 is 4.74 Å². The van der Waals surface area contributed by atoms with Crippen LogP contribution in [0.25, 0.3) is 0 Å². The molecule has 3 rings (SSSR count). The zero-order valence-electron chi connectivity index (χ0n) is 12.6. The van der Waals surface area contributed by atoms with Gasteiger partial charge in [-0.05, 0) is 36.8 Å². The SMILES string of the molecule is COc1ccc(Cc2nc(C)sc2Sc2ccccc2)cc1. The van der Waals surface area contributed by atoms with Crippen molar-refractivity contribution in [2.75, 3.05) is 7.11 Å². The molecule has 2 nitrogen and oxygen atoms in total. The van der Waals surface area contributed by atoms with Crippen LogP contribution >= 0.6 is 23.1 Å². The van der Waals surface area contributed by atoms with Crippen LogP contribution in [0.5, 0.6) is 5.75 Å². The summed E-state index contributed by atoms with van der Waals surface area (Å²) in [5.41, 5.74) is 2.41. The normalized spacial score (nSPS) is 10.6. The van der Waals surface area contributed by atoms with Crippen LogP contribution in [0.4, 0.5) is 0 Å². The van der Waals surface area contributed by atoms with Crippen LogP contribution in [0.2, 0.25) is 0 Å². The van der Waals surface area contributed by atoms with Gasteiger partial charge in [-0.2, -0.15) is 0 Å². The molecular formula is C18H17NOS2. The van der Waals surface area contributed by atoms with Crippen LogP contribution in [-0.2, 0) is 6.42 Å². The fraction of sp³-hybridized carbons (Fsp3) is 0.167. The summed E-state index contributed by atoms with van der Waals surface area (Å²) in [6.45, 7) is 2.07. The molecule has 22 heavy (non-hydrogen) atoms. The molecule has 0 amide bonds. The zero-order chi connectivity index (χ0) is 15.4. The Morgan fingerprint density at radius 1 is 1.05 bits per heavy atom. The van der Waals surface area contributed by atoms with Gasteiger partial charge in [-0.15, -0.1) is 11.3 Å². The maximum absolute atomic E-state index is 5.21. The average Bonchev–Trinajstić information content (AvgIpc) is 2.88. The summed E-state index contributed by atoms with van der Waals surface area (Å²) in [6.07, 6.45) is 0.851. The van der Waals surface area contributed by atoms with E-state index in [-0.39, 0.29) is 0 Å². The summed E-state index contributed by atoms with van der Waals surface area (Å²) in [5, 5.41) is 1.11. The molecule has 0 N–H and O–H groups in total. The Bertz CT molecular complexity index is 736. The molecule has 0 atom stereocenters. The summed E-state index contributed by atoms with van der Waals surface area (Å²) in [5.74, 6) is 0.886. The van der Waals surface area contributed by atoms with Gasteiger partial charge in [0.15, 0.2) is 0 Å². The highest BCUT2D eigenvalue weighted by atomic mass is 32.2. The molecule has 0 aliphatic heterocycles. The van der Waals surface area contributed by atoms with Gasteiger partial charge in [0.2, 0.25) is 0 Å². The quantitative estimate of drug-likeness (QED) is 0.643. The molecule has 0 unspecified atom stereocenters. The summed E-state index contributed by atoms with van der Waals surface area (Å²) < 4.78 is 6.49. The van der Waals surface area contributed by atoms with Crippen LogP contribution in [0, 0.1) is 6.92 Å². The van der Waals surface area contributed by atoms with E-state index >= 15 is 0 Å². The van der Waals surface area contributed by atoms with Crippen LogP contribution in [-0.4, -0.2) is 12.1 Å². The van der Waals surface area contributed by atoms with Crippen LogP contribution in [0.1, 0.15) is 16.3 Å². The van der Waals surface area contributed by atoms with E-state index in [0.29, 0.717) is 0 Å². The molecule has 1 aromatic heterocycles. The fourth-order valence-corrected chi connectivity index (χ4v) is 4.40. The number of hydrogen-bond donors (Lipinski definition) is 0. The van der Waals surface area contributed by atoms with E-state index in [9.17, 15) is 0 Å². The lowest BCUT2D eigenvalue weighted by Gasteiger charge is -2.04. The molecule has 0 aliphatic carbocycles. The second-order valence-electron chi connectivity index (χ2n) is 4.91. The summed E-state index contributed by atoms with van der Waals surface area (Å²) in [4.78, 5) is 5.96. The maximum atomic E-state index is 5.21. The monoisotopic (exact) mass is 327 g/mol. The first-order chi connectivity index (χ1) is 10.7. The minimum absolute atomic E-state index is 0.851. The number of rotatable bonds is 5. The van der Waals surface area contributed by atoms with Crippen molar-refractivity contribution < 1.29 is 4.74 Å². The Morgan fingerprint density at radius 3 is 2.45 bits per heavy atom. The minimum Gasteiger partial charge on any atom is -0.497 e. The number of thiazole rings is 1. The van der Waals surface area contributed by atoms with Crippen molar-refractivity contribution in [3.8, 4) is 5.75 Å². The van der Waals surface area contributed by atoms with Gasteiger partial charge in [0.25, 0.3) is 0 Å². The summed E-state index contributed by atoms with van der Waals surface area (Å²) in [6, 6.07) is 18.7. The van der Waals surface area contributed by atoms with Crippen molar-refractivity contribution in [2.45, 2.75) is 22.4 Å². The van der Waals surface area contributed by atoms with Gasteiger partial charge >= 0.3 is 0 Å². The second kappa shape index (κ2) is 6.99. The van der Waals surface area contributed by atoms with Crippen LogP contribution in [0.15, 0.2) is 63.7 Å². The van der Waals surface area contributed by atoms with Crippen LogP contribution in [0.3, 0.4) is 0 Å². The Kier molecular flexibility index (Phi) is 4.80. The lowest BCUT2D eigenvalue weighted by Crippen LogP contribution is -1.91. The first-order valence-electron chi connectivity index (χ1n) is 7.07. The topological polar surface area (TPSA) is 22.1 Å². The number of nitrogens with zero attached hydrogens (tertiary/aromatic N) is 1. The summed E-state index contributed by atoms with van der Waals surface area (Å²) >= 11 is 3.56. The molecule has 0 bridgehead atoms. The number of methoxy groups -OCH3 is 1. The van der Waals surface area contributed by atoms with Gasteiger partial charge in [0.1, 0.15) is 5.75 Å². The van der Waals surface area contributed by atoms with E-state index in [1.54, 1.807) is 30.2 Å². The van der Waals surface area contributed by atoms with Gasteiger partial charge in [-0.3, -0.25) is 0 Å². The molecule has 0 spiro atoms. The zero-order valence-corrected chi connectivity index (χ0v) is 14.2. The highest BCUT2D eigenvalue weighted by Gasteiger charge is 2.11. The number of aromatic nitrogens is 1. The maximum Gasteiger partial charge on any atom is 0.118 e. The third-order valence-electron chi connectivity index (χ3n) is 3.25. The number of ether oxygens (including phenoxy) is 1. The van der Waals surface area contributed by atoms with Gasteiger partial charge in [-0.1, -0.05) is 42.1 Å².